The van der Waals surface area contributed by atoms with Crippen LogP contribution in [0.5, 0.6) is 5.75 Å². The number of hydrogen-bond donors (Lipinski definition) is 1. The van der Waals surface area contributed by atoms with Gasteiger partial charge in [0, 0.05) is 6.20 Å². The normalized spacial score (nSPS) is 11.4. The van der Waals surface area contributed by atoms with Gasteiger partial charge in [0.2, 0.25) is 0 Å². The van der Waals surface area contributed by atoms with Gasteiger partial charge in [-0.25, -0.2) is 9.48 Å². The predicted molar refractivity (Wildman–Crippen MR) is 66.7 cm³/mol. The molecule has 0 aliphatic carbocycles. The van der Waals surface area contributed by atoms with Crippen LogP contribution in [0.3, 0.4) is 0 Å². The molecule has 0 unspecified atom stereocenters. The fourth-order valence-electron chi connectivity index (χ4n) is 1.73. The van der Waals surface area contributed by atoms with Gasteiger partial charge in [-0.3, -0.25) is 0 Å². The zero-order valence-electron chi connectivity index (χ0n) is 10.9. The average molecular weight is 300 g/mol. The van der Waals surface area contributed by atoms with Crippen molar-refractivity contribution in [1.82, 2.24) is 9.78 Å². The van der Waals surface area contributed by atoms with E-state index in [1.54, 1.807) is 19.1 Å². The van der Waals surface area contributed by atoms with Gasteiger partial charge in [0.1, 0.15) is 11.3 Å². The van der Waals surface area contributed by atoms with E-state index in [2.05, 4.69) is 5.10 Å². The zero-order valence-corrected chi connectivity index (χ0v) is 10.9. The molecule has 0 fully saturated rings. The van der Waals surface area contributed by atoms with Crippen molar-refractivity contribution >= 4 is 5.97 Å². The minimum atomic E-state index is -4.83. The van der Waals surface area contributed by atoms with Gasteiger partial charge in [-0.1, -0.05) is 0 Å². The number of aromatic nitrogens is 2. The topological polar surface area (TPSA) is 64.3 Å². The van der Waals surface area contributed by atoms with Gasteiger partial charge >= 0.3 is 12.1 Å². The molecule has 1 aromatic carbocycles. The van der Waals surface area contributed by atoms with E-state index in [1.807, 2.05) is 0 Å². The Balaban J connectivity index is 2.43. The van der Waals surface area contributed by atoms with Crippen molar-refractivity contribution in [2.45, 2.75) is 13.1 Å². The van der Waals surface area contributed by atoms with E-state index in [1.165, 1.54) is 12.1 Å². The molecule has 1 N–H and O–H groups in total. The van der Waals surface area contributed by atoms with Crippen LogP contribution in [0.1, 0.15) is 23.0 Å². The van der Waals surface area contributed by atoms with E-state index >= 15 is 0 Å². The smallest absolute Gasteiger partial charge is 0.436 e. The fourth-order valence-corrected chi connectivity index (χ4v) is 1.73. The first kappa shape index (κ1) is 14.9. The molecule has 0 radical (unpaired) electrons. The van der Waals surface area contributed by atoms with Gasteiger partial charge in [-0.2, -0.15) is 18.3 Å². The Morgan fingerprint density at radius 1 is 1.33 bits per heavy atom. The number of carboxylic acid groups (broad SMARTS) is 1. The summed E-state index contributed by atoms with van der Waals surface area (Å²) in [6.07, 6.45) is -3.99. The van der Waals surface area contributed by atoms with Crippen LogP contribution in [-0.2, 0) is 6.18 Å². The molecule has 0 saturated carbocycles. The molecule has 0 spiro atoms. The Morgan fingerprint density at radius 2 is 1.95 bits per heavy atom. The summed E-state index contributed by atoms with van der Waals surface area (Å²) in [6, 6.07) is 6.11. The fraction of sp³-hybridized carbons (Fsp3) is 0.231. The first-order valence-corrected chi connectivity index (χ1v) is 5.96. The van der Waals surface area contributed by atoms with Crippen LogP contribution in [0, 0.1) is 0 Å². The molecular formula is C13H11F3N2O3. The summed E-state index contributed by atoms with van der Waals surface area (Å²) in [4.78, 5) is 10.9. The molecule has 0 atom stereocenters. The van der Waals surface area contributed by atoms with E-state index < -0.39 is 23.4 Å². The maximum atomic E-state index is 12.7. The average Bonchev–Trinajstić information content (AvgIpc) is 2.85. The number of carboxylic acids is 1. The number of hydrogen-bond acceptors (Lipinski definition) is 3. The second kappa shape index (κ2) is 5.47. The van der Waals surface area contributed by atoms with E-state index in [-0.39, 0.29) is 0 Å². The van der Waals surface area contributed by atoms with Gasteiger partial charge in [-0.15, -0.1) is 0 Å². The Morgan fingerprint density at radius 3 is 2.38 bits per heavy atom. The molecule has 112 valence electrons. The van der Waals surface area contributed by atoms with Crippen LogP contribution in [0.15, 0.2) is 30.5 Å². The highest BCUT2D eigenvalue weighted by molar-refractivity contribution is 5.89. The predicted octanol–water partition coefficient (Wildman–Crippen LogP) is 2.99. The summed E-state index contributed by atoms with van der Waals surface area (Å²) >= 11 is 0. The highest BCUT2D eigenvalue weighted by atomic mass is 19.4. The van der Waals surface area contributed by atoms with E-state index in [0.717, 1.165) is 10.9 Å². The van der Waals surface area contributed by atoms with E-state index in [4.69, 9.17) is 9.84 Å². The molecule has 5 nitrogen and oxygen atoms in total. The Labute approximate surface area is 117 Å². The highest BCUT2D eigenvalue weighted by Crippen LogP contribution is 2.31. The van der Waals surface area contributed by atoms with Crippen LogP contribution >= 0.6 is 0 Å². The van der Waals surface area contributed by atoms with Crippen molar-refractivity contribution < 1.29 is 27.8 Å². The summed E-state index contributed by atoms with van der Waals surface area (Å²) in [5.74, 6) is -1.12. The molecule has 2 rings (SSSR count). The summed E-state index contributed by atoms with van der Waals surface area (Å²) in [7, 11) is 0. The second-order valence-corrected chi connectivity index (χ2v) is 4.07. The lowest BCUT2D eigenvalue weighted by molar-refractivity contribution is -0.141. The summed E-state index contributed by atoms with van der Waals surface area (Å²) in [5, 5.41) is 12.1. The van der Waals surface area contributed by atoms with Crippen LogP contribution in [0.2, 0.25) is 0 Å². The molecule has 0 aliphatic heterocycles. The van der Waals surface area contributed by atoms with Gasteiger partial charge in [0.15, 0.2) is 5.69 Å². The Kier molecular flexibility index (Phi) is 3.88. The monoisotopic (exact) mass is 300 g/mol. The Bertz CT molecular complexity index is 648. The Hall–Kier alpha value is -2.51. The summed E-state index contributed by atoms with van der Waals surface area (Å²) in [5.41, 5.74) is -2.02. The number of halogens is 3. The van der Waals surface area contributed by atoms with Crippen LogP contribution in [0.25, 0.3) is 5.69 Å². The van der Waals surface area contributed by atoms with Crippen LogP contribution in [-0.4, -0.2) is 27.5 Å². The summed E-state index contributed by atoms with van der Waals surface area (Å²) in [6.45, 7) is 2.26. The third kappa shape index (κ3) is 3.15. The highest BCUT2D eigenvalue weighted by Gasteiger charge is 2.39. The molecule has 2 aromatic rings. The molecule has 0 amide bonds. The third-order valence-corrected chi connectivity index (χ3v) is 2.63. The van der Waals surface area contributed by atoms with Crippen molar-refractivity contribution in [2.75, 3.05) is 6.61 Å². The van der Waals surface area contributed by atoms with Gasteiger partial charge in [0.25, 0.3) is 0 Å². The second-order valence-electron chi connectivity index (χ2n) is 4.07. The van der Waals surface area contributed by atoms with Crippen molar-refractivity contribution in [1.29, 1.82) is 0 Å². The number of ether oxygens (including phenoxy) is 1. The first-order chi connectivity index (χ1) is 9.82. The number of carbonyl (C=O) groups is 1. The minimum absolute atomic E-state index is 0.302. The molecule has 21 heavy (non-hydrogen) atoms. The minimum Gasteiger partial charge on any atom is -0.494 e. The number of aromatic carboxylic acids is 1. The van der Waals surface area contributed by atoms with Crippen molar-refractivity contribution in [3.8, 4) is 11.4 Å². The lowest BCUT2D eigenvalue weighted by Gasteiger charge is -2.05. The number of benzene rings is 1. The third-order valence-electron chi connectivity index (χ3n) is 2.63. The van der Waals surface area contributed by atoms with Gasteiger partial charge in [-0.05, 0) is 31.2 Å². The summed E-state index contributed by atoms with van der Waals surface area (Å²) < 4.78 is 44.3. The van der Waals surface area contributed by atoms with Crippen molar-refractivity contribution in [3.63, 3.8) is 0 Å². The first-order valence-electron chi connectivity index (χ1n) is 5.96. The SMILES string of the molecule is CCOc1ccc(-n2cc(C(=O)O)c(C(F)(F)F)n2)cc1. The maximum Gasteiger partial charge on any atom is 0.436 e. The quantitative estimate of drug-likeness (QED) is 0.942. The number of alkyl halides is 3. The molecule has 8 heteroatoms. The van der Waals surface area contributed by atoms with E-state index in [9.17, 15) is 18.0 Å². The van der Waals surface area contributed by atoms with Gasteiger partial charge in [0.05, 0.1) is 12.3 Å². The zero-order chi connectivity index (χ0) is 15.6. The largest absolute Gasteiger partial charge is 0.494 e. The number of rotatable bonds is 4. The molecule has 0 aliphatic rings. The molecule has 0 saturated heterocycles. The van der Waals surface area contributed by atoms with Gasteiger partial charge < -0.3 is 9.84 Å². The molecule has 0 bridgehead atoms. The number of nitrogens with zero attached hydrogens (tertiary/aromatic N) is 2. The molecule has 1 aromatic heterocycles. The lowest BCUT2D eigenvalue weighted by atomic mass is 10.2. The van der Waals surface area contributed by atoms with Crippen LogP contribution in [0.4, 0.5) is 13.2 Å². The van der Waals surface area contributed by atoms with Crippen molar-refractivity contribution in [2.24, 2.45) is 0 Å². The standard InChI is InChI=1S/C13H11F3N2O3/c1-2-21-9-5-3-8(4-6-9)18-7-10(12(19)20)11(17-18)13(14,15)16/h3-7H,2H2,1H3,(H,19,20). The lowest BCUT2D eigenvalue weighted by Crippen LogP contribution is -2.12. The van der Waals surface area contributed by atoms with Crippen molar-refractivity contribution in [3.05, 3.63) is 41.7 Å². The molecular weight excluding hydrogens is 289 g/mol. The molecule has 1 heterocycles. The van der Waals surface area contributed by atoms with E-state index in [0.29, 0.717) is 18.0 Å². The van der Waals surface area contributed by atoms with Crippen LogP contribution < -0.4 is 4.74 Å². The maximum absolute atomic E-state index is 12.7.